The van der Waals surface area contributed by atoms with E-state index in [1.165, 1.54) is 39.8 Å². The first-order chi connectivity index (χ1) is 67.8. The number of benzene rings is 5. The zero-order valence-corrected chi connectivity index (χ0v) is 77.8. The average Bonchev–Trinajstić information content (AvgIpc) is 1.08. The lowest BCUT2D eigenvalue weighted by Crippen LogP contribution is -2.49. The Morgan fingerprint density at radius 1 is 0.493 bits per heavy atom. The van der Waals surface area contributed by atoms with Gasteiger partial charge in [0.2, 0.25) is 5.91 Å². The van der Waals surface area contributed by atoms with Crippen LogP contribution in [0, 0.1) is 35.1 Å². The molecule has 0 radical (unpaired) electrons. The number of Topliss-reactive ketones (excluding diaryl/α,β-unsaturated/α-hetero) is 1. The number of ether oxygens (including phenoxy) is 1. The van der Waals surface area contributed by atoms with Crippen LogP contribution in [-0.4, -0.2) is 140 Å². The minimum absolute atomic E-state index is 0.0175. The summed E-state index contributed by atoms with van der Waals surface area (Å²) in [6.07, 6.45) is 16.8. The number of allylic oxidation sites excluding steroid dienone is 1. The number of anilines is 2. The highest BCUT2D eigenvalue weighted by atomic mass is 19.2. The molecule has 750 valence electrons. The molecule has 4 fully saturated rings. The molecule has 5 aromatic carbocycles. The van der Waals surface area contributed by atoms with Crippen molar-refractivity contribution in [3.05, 3.63) is 299 Å². The molecule has 1 aromatic heterocycles. The number of para-hydroxylation sites is 1. The van der Waals surface area contributed by atoms with Gasteiger partial charge in [-0.05, 0) is 223 Å². The summed E-state index contributed by atoms with van der Waals surface area (Å²) in [5.41, 5.74) is 20.6. The van der Waals surface area contributed by atoms with Crippen LogP contribution in [0.4, 0.5) is 52.9 Å². The Balaban J connectivity index is 0.000000149. The summed E-state index contributed by atoms with van der Waals surface area (Å²) in [5, 5.41) is 66.6. The normalized spacial score (nSPS) is 23.4. The van der Waals surface area contributed by atoms with Crippen LogP contribution in [-0.2, 0) is 45.5 Å². The van der Waals surface area contributed by atoms with E-state index in [9.17, 15) is 100 Å². The molecule has 4 saturated carbocycles. The Morgan fingerprint density at radius 3 is 1.58 bits per heavy atom. The van der Waals surface area contributed by atoms with Gasteiger partial charge >= 0.3 is 35.9 Å². The molecule has 17 rings (SSSR count). The predicted molar refractivity (Wildman–Crippen MR) is 513 cm³/mol. The number of aromatic amines is 2. The molecule has 25 N–H and O–H groups in total. The monoisotopic (exact) mass is 1960 g/mol. The van der Waals surface area contributed by atoms with E-state index in [4.69, 9.17) is 21.9 Å². The van der Waals surface area contributed by atoms with E-state index in [-0.39, 0.29) is 159 Å². The first kappa shape index (κ1) is 103. The minimum atomic E-state index is -1.29. The molecular weight excluding hydrogens is 1850 g/mol. The molecule has 142 heavy (non-hydrogen) atoms. The molecule has 42 heteroatoms. The van der Waals surface area contributed by atoms with E-state index < -0.39 is 106 Å². The summed E-state index contributed by atoms with van der Waals surface area (Å²) in [6.45, 7) is 16.5. The van der Waals surface area contributed by atoms with Crippen LogP contribution < -0.4 is 108 Å². The van der Waals surface area contributed by atoms with Gasteiger partial charge in [-0.25, -0.2) is 46.3 Å². The molecule has 11 aliphatic rings. The Bertz CT molecular complexity index is 6310. The topological polar surface area (TPSA) is 590 Å². The molecule has 0 bridgehead atoms. The van der Waals surface area contributed by atoms with Crippen LogP contribution in [0.3, 0.4) is 0 Å². The summed E-state index contributed by atoms with van der Waals surface area (Å²) in [6, 6.07) is 29.8. The summed E-state index contributed by atoms with van der Waals surface area (Å²) >= 11 is 0. The molecule has 5 aliphatic heterocycles. The molecule has 0 spiro atoms. The number of ketones is 1. The fraction of sp³-hybridized carbons (Fsp3) is 0.360. The quantitative estimate of drug-likeness (QED) is 0.0336. The van der Waals surface area contributed by atoms with E-state index >= 15 is 0 Å². The highest BCUT2D eigenvalue weighted by Gasteiger charge is 2.41. The number of amides is 15. The number of nitrogens with two attached hydrogens (primary N) is 3. The van der Waals surface area contributed by atoms with Gasteiger partial charge in [0, 0.05) is 55.0 Å². The fourth-order valence-corrected chi connectivity index (χ4v) is 19.0. The maximum atomic E-state index is 13.5. The number of urea groups is 4. The van der Waals surface area contributed by atoms with Gasteiger partial charge in [0.25, 0.3) is 35.1 Å². The number of nitrogens with one attached hydrogen (secondary N) is 16. The van der Waals surface area contributed by atoms with Gasteiger partial charge in [0.1, 0.15) is 28.6 Å². The van der Waals surface area contributed by atoms with Gasteiger partial charge in [-0.2, -0.15) is 0 Å². The number of rotatable bonds is 19. The smallest absolute Gasteiger partial charge is 0.414 e. The first-order valence-corrected chi connectivity index (χ1v) is 46.7. The van der Waals surface area contributed by atoms with E-state index in [1.54, 1.807) is 31.2 Å². The van der Waals surface area contributed by atoms with Crippen molar-refractivity contribution in [2.24, 2.45) is 23.3 Å². The van der Waals surface area contributed by atoms with Gasteiger partial charge in [-0.1, -0.05) is 117 Å². The van der Waals surface area contributed by atoms with Gasteiger partial charge in [-0.15, -0.1) is 0 Å². The summed E-state index contributed by atoms with van der Waals surface area (Å²) in [5.74, 6) is -6.44. The van der Waals surface area contributed by atoms with E-state index in [0.717, 1.165) is 80.7 Å². The lowest BCUT2D eigenvalue weighted by Gasteiger charge is -2.37. The number of aliphatic hydroxyl groups is 3. The molecule has 0 saturated heterocycles. The lowest BCUT2D eigenvalue weighted by atomic mass is 9.77. The van der Waals surface area contributed by atoms with Gasteiger partial charge < -0.3 is 106 Å². The number of nitrogen functional groups attached to an aromatic ring is 1. The minimum Gasteiger partial charge on any atom is -0.504 e. The summed E-state index contributed by atoms with van der Waals surface area (Å²) < 4.78 is 58.0. The van der Waals surface area contributed by atoms with Crippen LogP contribution in [0.1, 0.15) is 204 Å². The molecule has 2 unspecified atom stereocenters. The summed E-state index contributed by atoms with van der Waals surface area (Å²) in [7, 11) is 0. The molecule has 15 amide bonds. The molecule has 38 nitrogen and oxygen atoms in total. The highest BCUT2D eigenvalue weighted by Crippen LogP contribution is 2.42. The summed E-state index contributed by atoms with van der Waals surface area (Å²) in [4.78, 5) is 175. The van der Waals surface area contributed by atoms with Gasteiger partial charge in [0.15, 0.2) is 46.2 Å². The Hall–Kier alpha value is -16.0. The second-order valence-corrected chi connectivity index (χ2v) is 36.2. The zero-order valence-electron chi connectivity index (χ0n) is 77.8. The molecule has 7 atom stereocenters. The van der Waals surface area contributed by atoms with Crippen molar-refractivity contribution in [1.82, 2.24) is 84.4 Å². The van der Waals surface area contributed by atoms with Crippen LogP contribution in [0.15, 0.2) is 226 Å². The Labute approximate surface area is 812 Å². The third-order valence-corrected chi connectivity index (χ3v) is 26.7. The SMILES string of the molecule is C=C1NC(=O)NC(C(=O)NC2CC=C(c3ccc(F)c(F)c3)CC2)=C1N.C=C1NC(=O)NC(C(=O)NC2CCC(O)(c3ccc(F)c(F)c3)CC2)=C1N.C=C1NC(=O)NC(C(=O)N[C@@H]2CC[C@@H](C(=O)C[C@H]3CCCc4ccccc43)C2)=C1O.C=C1NC(=O)NC(C(=O)N[C@@H]2CC[C@@H](C(=O)NC3CCC(c4ccccc4)CC3)C2)=C1O.CCOC(=O)N1CCC(NC(=O)c2[nH]c(=O)[nH]c(=O)c2N)c2ccccc21. The van der Waals surface area contributed by atoms with Crippen molar-refractivity contribution in [2.75, 3.05) is 23.8 Å². The molecular formula is C100H114F4N20O18. The number of nitrogens with zero attached hydrogens (tertiary/aromatic N) is 1. The number of hydrogen-bond acceptors (Lipinski definition) is 21. The molecule has 6 aliphatic carbocycles. The number of halogens is 4. The number of carbonyl (C=O) groups excluding carboxylic acids is 12. The number of carbonyl (C=O) groups is 12. The number of H-pyrrole nitrogens is 2. The fourth-order valence-electron chi connectivity index (χ4n) is 19.0. The third-order valence-electron chi connectivity index (χ3n) is 26.7. The number of aryl methyl sites for hydroxylation is 1. The van der Waals surface area contributed by atoms with Crippen LogP contribution in [0.5, 0.6) is 0 Å². The van der Waals surface area contributed by atoms with Crippen molar-refractivity contribution in [3.63, 3.8) is 0 Å². The van der Waals surface area contributed by atoms with Crippen LogP contribution in [0.2, 0.25) is 0 Å². The van der Waals surface area contributed by atoms with E-state index in [0.29, 0.717) is 106 Å². The van der Waals surface area contributed by atoms with Gasteiger partial charge in [0.05, 0.1) is 58.1 Å². The van der Waals surface area contributed by atoms with Crippen molar-refractivity contribution >= 4 is 88.4 Å². The Kier molecular flexibility index (Phi) is 33.6. The van der Waals surface area contributed by atoms with Crippen molar-refractivity contribution in [3.8, 4) is 0 Å². The average molecular weight is 1960 g/mol. The second-order valence-electron chi connectivity index (χ2n) is 36.2. The second kappa shape index (κ2) is 46.2. The maximum Gasteiger partial charge on any atom is 0.414 e. The molecule has 6 aromatic rings. The predicted octanol–water partition coefficient (Wildman–Crippen LogP) is 9.36. The van der Waals surface area contributed by atoms with E-state index in [1.807, 2.05) is 23.2 Å². The highest BCUT2D eigenvalue weighted by molar-refractivity contribution is 6.03. The van der Waals surface area contributed by atoms with Crippen LogP contribution in [0.25, 0.3) is 5.57 Å². The zero-order chi connectivity index (χ0) is 102. The largest absolute Gasteiger partial charge is 0.504 e. The standard InChI is InChI=1S/C24H30N4O4.C23H27N3O4.C18H20F2N4O3.C18H18F2N4O2.C17H19N5O5/c1-14-21(29)20(28-24(32)25-14)23(31)27-19-12-9-17(13-19)22(30)26-18-10-7-16(8-11-18)15-5-3-2-4-6-15;1-13-21(28)20(26-23(30)24-13)22(29)25-17-10-9-16(11-17)19(27)12-15-7-4-6-14-5-2-3-8-18(14)15;1-9-14(21)15(24-17(26)22-9)16(25)23-11-4-6-18(27,7-5-11)10-2-3-12(19)13(20)8-10;1-9-15(21)16(24-18(26)22-9)17(25)23-12-5-2-10(3-6-12)11-4-7-13(19)14(20)8-11;1-2-27-17(26)22-8-7-10(9-5-3-4-6-11(9)22)19-15(24)13-12(18)14(23)21-16(25)20-13/h2-6,16-19,29H,1,7-13H2,(H,26,30)(H,27,31)(H2,25,28,32);2-3,5,8,15-17,28H,1,4,6-7,9-12H2,(H,25,29)(H2,24,26,30);2-3,8,11,27H,1,4-7,21H2,(H,23,25)(H2,22,24,26);2,4,7-8,12H,1,3,5-6,21H2,(H,23,25)(H2,22,24,26);3-6,10H,2,7-8,18H2,1H3,(H,19,24)(H2,20,21,23,25)/t16?,17-,18?,19-;15-,16-,17-;;;/m11.../s1. The number of aliphatic hydroxyl groups excluding tert-OH is 2. The van der Waals surface area contributed by atoms with E-state index in [2.05, 4.69) is 148 Å². The number of hydrogen-bond donors (Lipinski definition) is 22. The lowest BCUT2D eigenvalue weighted by molar-refractivity contribution is -0.126. The van der Waals surface area contributed by atoms with Crippen molar-refractivity contribution < 1.29 is 95.2 Å². The first-order valence-electron chi connectivity index (χ1n) is 46.7. The maximum absolute atomic E-state index is 13.5. The number of fused-ring (bicyclic) bond motifs is 2. The Morgan fingerprint density at radius 2 is 1.00 bits per heavy atom. The van der Waals surface area contributed by atoms with Gasteiger partial charge in [-0.3, -0.25) is 58.9 Å². The number of aromatic nitrogens is 2. The van der Waals surface area contributed by atoms with Crippen molar-refractivity contribution in [1.29, 1.82) is 0 Å². The van der Waals surface area contributed by atoms with Crippen molar-refractivity contribution in [2.45, 2.75) is 202 Å². The van der Waals surface area contributed by atoms with Crippen LogP contribution >= 0.6 is 0 Å². The molecule has 6 heterocycles. The third kappa shape index (κ3) is 25.7.